The lowest BCUT2D eigenvalue weighted by molar-refractivity contribution is 0.103. The molecule has 0 saturated heterocycles. The molecule has 0 saturated carbocycles. The number of ketones is 1. The van der Waals surface area contributed by atoms with E-state index in [1.54, 1.807) is 18.2 Å². The molecule has 0 atom stereocenters. The van der Waals surface area contributed by atoms with Gasteiger partial charge in [-0.3, -0.25) is 9.36 Å². The van der Waals surface area contributed by atoms with E-state index in [0.29, 0.717) is 27.6 Å². The van der Waals surface area contributed by atoms with Gasteiger partial charge in [0.15, 0.2) is 0 Å². The Morgan fingerprint density at radius 1 is 0.875 bits per heavy atom. The quantitative estimate of drug-likeness (QED) is 0.244. The van der Waals surface area contributed by atoms with E-state index in [1.165, 1.54) is 0 Å². The summed E-state index contributed by atoms with van der Waals surface area (Å²) in [6.45, 7) is 5.98. The van der Waals surface area contributed by atoms with Gasteiger partial charge in [0, 0.05) is 17.3 Å². The van der Waals surface area contributed by atoms with Crippen molar-refractivity contribution in [3.8, 4) is 11.1 Å². The zero-order chi connectivity index (χ0) is 22.7. The normalized spacial score (nSPS) is 11.7. The fourth-order valence-electron chi connectivity index (χ4n) is 3.92. The summed E-state index contributed by atoms with van der Waals surface area (Å²) in [5.41, 5.74) is 4.05. The Morgan fingerprint density at radius 2 is 1.50 bits per heavy atom. The van der Waals surface area contributed by atoms with Crippen LogP contribution in [0.3, 0.4) is 0 Å². The number of nitrogens with zero attached hydrogens (tertiary/aromatic N) is 1. The Morgan fingerprint density at radius 3 is 2.12 bits per heavy atom. The third kappa shape index (κ3) is 3.95. The van der Waals surface area contributed by atoms with Gasteiger partial charge in [0.1, 0.15) is 5.69 Å². The molecule has 5 nitrogen and oxygen atoms in total. The number of rotatable bonds is 8. The van der Waals surface area contributed by atoms with E-state index in [2.05, 4.69) is 0 Å². The van der Waals surface area contributed by atoms with Crippen molar-refractivity contribution < 1.29 is 18.4 Å². The first-order valence-electron chi connectivity index (χ1n) is 10.7. The van der Waals surface area contributed by atoms with Crippen LogP contribution in [0.25, 0.3) is 16.6 Å². The molecule has 2 heterocycles. The Kier molecular flexibility index (Phi) is 6.43. The smallest absolute Gasteiger partial charge is 0.312 e. The van der Waals surface area contributed by atoms with Crippen LogP contribution in [0.5, 0.6) is 0 Å². The average molecular weight is 447 g/mol. The van der Waals surface area contributed by atoms with Gasteiger partial charge in [-0.2, -0.15) is 0 Å². The molecule has 0 aliphatic carbocycles. The van der Waals surface area contributed by atoms with Crippen molar-refractivity contribution in [2.45, 2.75) is 20.8 Å². The molecule has 0 aliphatic heterocycles. The van der Waals surface area contributed by atoms with Gasteiger partial charge < -0.3 is 13.4 Å². The molecule has 2 aromatic heterocycles. The van der Waals surface area contributed by atoms with Crippen LogP contribution in [-0.4, -0.2) is 23.4 Å². The number of aromatic nitrogens is 1. The van der Waals surface area contributed by atoms with Gasteiger partial charge >= 0.3 is 7.60 Å². The van der Waals surface area contributed by atoms with Crippen LogP contribution >= 0.6 is 7.60 Å². The van der Waals surface area contributed by atoms with Crippen molar-refractivity contribution in [2.75, 3.05) is 13.2 Å². The third-order valence-corrected chi connectivity index (χ3v) is 7.48. The molecule has 32 heavy (non-hydrogen) atoms. The number of fused-ring (bicyclic) bond motifs is 1. The van der Waals surface area contributed by atoms with Gasteiger partial charge in [0.25, 0.3) is 0 Å². The first-order chi connectivity index (χ1) is 15.5. The van der Waals surface area contributed by atoms with Gasteiger partial charge in [-0.1, -0.05) is 66.2 Å². The molecule has 0 N–H and O–H groups in total. The summed E-state index contributed by atoms with van der Waals surface area (Å²) in [5, 5.41) is 0.420. The lowest BCUT2D eigenvalue weighted by atomic mass is 9.99. The molecule has 4 aromatic rings. The first-order valence-corrected chi connectivity index (χ1v) is 12.2. The van der Waals surface area contributed by atoms with Gasteiger partial charge in [-0.15, -0.1) is 0 Å². The molecule has 0 radical (unpaired) electrons. The van der Waals surface area contributed by atoms with E-state index in [4.69, 9.17) is 9.05 Å². The van der Waals surface area contributed by atoms with Gasteiger partial charge in [0.2, 0.25) is 5.78 Å². The maximum absolute atomic E-state index is 14.1. The number of hydrogen-bond acceptors (Lipinski definition) is 4. The Bertz CT molecular complexity index is 1280. The zero-order valence-electron chi connectivity index (χ0n) is 18.4. The third-order valence-electron chi connectivity index (χ3n) is 5.28. The second kappa shape index (κ2) is 9.25. The highest BCUT2D eigenvalue weighted by atomic mass is 31.2. The zero-order valence-corrected chi connectivity index (χ0v) is 19.3. The minimum absolute atomic E-state index is 0.157. The monoisotopic (exact) mass is 447 g/mol. The standard InChI is InChI=1S/C26H26NO4P/c1-4-30-32(29,31-5-2)26-22-13-9-10-18-27(22)24(23(26)20-11-7-6-8-12-20)25(28)21-16-14-19(3)15-17-21/h6-18H,4-5H2,1-3H3. The van der Waals surface area contributed by atoms with Crippen LogP contribution in [0, 0.1) is 6.92 Å². The average Bonchev–Trinajstić information content (AvgIpc) is 3.16. The van der Waals surface area contributed by atoms with E-state index in [1.807, 2.05) is 85.9 Å². The Labute approximate surface area is 188 Å². The summed E-state index contributed by atoms with van der Waals surface area (Å²) in [5.74, 6) is -0.157. The highest BCUT2D eigenvalue weighted by molar-refractivity contribution is 7.63. The highest BCUT2D eigenvalue weighted by Crippen LogP contribution is 2.52. The second-order valence-corrected chi connectivity index (χ2v) is 9.38. The lowest BCUT2D eigenvalue weighted by Crippen LogP contribution is -2.13. The number of hydrogen-bond donors (Lipinski definition) is 0. The van der Waals surface area contributed by atoms with Crippen LogP contribution in [0.1, 0.15) is 35.5 Å². The summed E-state index contributed by atoms with van der Waals surface area (Å²) in [6, 6.07) is 22.5. The van der Waals surface area contributed by atoms with E-state index >= 15 is 0 Å². The van der Waals surface area contributed by atoms with E-state index in [-0.39, 0.29) is 19.0 Å². The highest BCUT2D eigenvalue weighted by Gasteiger charge is 2.37. The molecule has 6 heteroatoms. The maximum atomic E-state index is 14.1. The minimum Gasteiger partial charge on any atom is -0.312 e. The van der Waals surface area contributed by atoms with Gasteiger partial charge in [-0.05, 0) is 38.5 Å². The lowest BCUT2D eigenvalue weighted by Gasteiger charge is -2.18. The molecule has 2 aromatic carbocycles. The predicted molar refractivity (Wildman–Crippen MR) is 128 cm³/mol. The molecule has 0 unspecified atom stereocenters. The Balaban J connectivity index is 2.11. The molecule has 164 valence electrons. The summed E-state index contributed by atoms with van der Waals surface area (Å²) in [4.78, 5) is 13.8. The fraction of sp³-hybridized carbons (Fsp3) is 0.192. The molecule has 0 bridgehead atoms. The summed E-state index contributed by atoms with van der Waals surface area (Å²) in [6.07, 6.45) is 1.81. The van der Waals surface area contributed by atoms with Crippen LogP contribution in [0.4, 0.5) is 0 Å². The van der Waals surface area contributed by atoms with E-state index < -0.39 is 7.60 Å². The number of carbonyl (C=O) groups excluding carboxylic acids is 1. The van der Waals surface area contributed by atoms with Crippen LogP contribution in [0.2, 0.25) is 0 Å². The van der Waals surface area contributed by atoms with E-state index in [0.717, 1.165) is 11.1 Å². The Hall–Kier alpha value is -2.98. The van der Waals surface area contributed by atoms with Crippen LogP contribution in [-0.2, 0) is 13.6 Å². The van der Waals surface area contributed by atoms with Crippen molar-refractivity contribution in [1.29, 1.82) is 0 Å². The van der Waals surface area contributed by atoms with Gasteiger partial charge in [0.05, 0.1) is 24.0 Å². The van der Waals surface area contributed by atoms with Crippen molar-refractivity contribution >= 4 is 24.2 Å². The fourth-order valence-corrected chi connectivity index (χ4v) is 5.90. The molecule has 0 fully saturated rings. The molecule has 0 amide bonds. The SMILES string of the molecule is CCOP(=O)(OCC)c1c(-c2ccccc2)c(C(=O)c2ccc(C)cc2)n2ccccc12. The summed E-state index contributed by atoms with van der Waals surface area (Å²) >= 11 is 0. The largest absolute Gasteiger partial charge is 0.364 e. The van der Waals surface area contributed by atoms with Crippen LogP contribution < -0.4 is 5.30 Å². The maximum Gasteiger partial charge on any atom is 0.364 e. The molecular formula is C26H26NO4P. The minimum atomic E-state index is -3.71. The molecule has 0 aliphatic rings. The number of benzene rings is 2. The van der Waals surface area contributed by atoms with Crippen LogP contribution in [0.15, 0.2) is 79.0 Å². The summed E-state index contributed by atoms with van der Waals surface area (Å²) in [7, 11) is -3.71. The predicted octanol–water partition coefficient (Wildman–Crippen LogP) is 6.04. The van der Waals surface area contributed by atoms with Crippen molar-refractivity contribution in [3.05, 3.63) is 95.8 Å². The molecular weight excluding hydrogens is 421 g/mol. The van der Waals surface area contributed by atoms with E-state index in [9.17, 15) is 9.36 Å². The topological polar surface area (TPSA) is 57.0 Å². The van der Waals surface area contributed by atoms with Crippen molar-refractivity contribution in [1.82, 2.24) is 4.40 Å². The number of aryl methyl sites for hydroxylation is 1. The van der Waals surface area contributed by atoms with Crippen molar-refractivity contribution in [3.63, 3.8) is 0 Å². The number of carbonyl (C=O) groups is 1. The van der Waals surface area contributed by atoms with Crippen molar-refractivity contribution in [2.24, 2.45) is 0 Å². The molecule has 0 spiro atoms. The van der Waals surface area contributed by atoms with Gasteiger partial charge in [-0.25, -0.2) is 0 Å². The number of pyridine rings is 1. The second-order valence-electron chi connectivity index (χ2n) is 7.42. The first kappa shape index (κ1) is 22.2. The summed E-state index contributed by atoms with van der Waals surface area (Å²) < 4.78 is 27.4. The molecule has 4 rings (SSSR count).